The SMILES string of the molecule is CCCCCCCCCCC(CCCCCCCC)CNC(=O)CNC(C)=O. The first kappa shape index (κ1) is 26.9. The maximum Gasteiger partial charge on any atom is 0.239 e. The predicted molar refractivity (Wildman–Crippen MR) is 120 cm³/mol. The van der Waals surface area contributed by atoms with E-state index in [1.807, 2.05) is 0 Å². The van der Waals surface area contributed by atoms with Gasteiger partial charge in [-0.25, -0.2) is 0 Å². The molecule has 4 nitrogen and oxygen atoms in total. The summed E-state index contributed by atoms with van der Waals surface area (Å²) in [5.74, 6) is 0.351. The molecule has 2 N–H and O–H groups in total. The number of nitrogens with one attached hydrogen (secondary N) is 2. The summed E-state index contributed by atoms with van der Waals surface area (Å²) in [4.78, 5) is 22.8. The summed E-state index contributed by atoms with van der Waals surface area (Å²) in [7, 11) is 0. The molecule has 0 aliphatic heterocycles. The molecule has 0 fully saturated rings. The molecule has 0 heterocycles. The van der Waals surface area contributed by atoms with E-state index in [-0.39, 0.29) is 18.4 Å². The Morgan fingerprint density at radius 3 is 1.50 bits per heavy atom. The molecule has 0 aliphatic carbocycles. The van der Waals surface area contributed by atoms with Crippen molar-refractivity contribution in [3.63, 3.8) is 0 Å². The lowest BCUT2D eigenvalue weighted by Crippen LogP contribution is -2.38. The average Bonchev–Trinajstić information content (AvgIpc) is 2.68. The molecule has 0 saturated carbocycles. The third kappa shape index (κ3) is 19.7. The van der Waals surface area contributed by atoms with Gasteiger partial charge in [-0.2, -0.15) is 0 Å². The summed E-state index contributed by atoms with van der Waals surface area (Å²) in [6.07, 6.45) is 21.1. The van der Waals surface area contributed by atoms with Crippen LogP contribution in [0.3, 0.4) is 0 Å². The van der Waals surface area contributed by atoms with Gasteiger partial charge in [0.25, 0.3) is 0 Å². The Hall–Kier alpha value is -1.06. The smallest absolute Gasteiger partial charge is 0.239 e. The van der Waals surface area contributed by atoms with Gasteiger partial charge in [-0.1, -0.05) is 104 Å². The minimum absolute atomic E-state index is 0.0703. The highest BCUT2D eigenvalue weighted by Gasteiger charge is 2.11. The fraction of sp³-hybridized carbons (Fsp3) is 0.917. The van der Waals surface area contributed by atoms with Crippen LogP contribution in [0.5, 0.6) is 0 Å². The summed E-state index contributed by atoms with van der Waals surface area (Å²) in [6, 6.07) is 0. The van der Waals surface area contributed by atoms with E-state index < -0.39 is 0 Å². The largest absolute Gasteiger partial charge is 0.354 e. The Labute approximate surface area is 175 Å². The molecular formula is C24H48N2O2. The van der Waals surface area contributed by atoms with Gasteiger partial charge in [0, 0.05) is 13.5 Å². The van der Waals surface area contributed by atoms with Crippen LogP contribution >= 0.6 is 0 Å². The van der Waals surface area contributed by atoms with Gasteiger partial charge in [0.2, 0.25) is 11.8 Å². The lowest BCUT2D eigenvalue weighted by atomic mass is 9.94. The van der Waals surface area contributed by atoms with Gasteiger partial charge in [-0.05, 0) is 18.8 Å². The van der Waals surface area contributed by atoms with Crippen molar-refractivity contribution in [3.8, 4) is 0 Å². The third-order valence-corrected chi connectivity index (χ3v) is 5.52. The predicted octanol–water partition coefficient (Wildman–Crippen LogP) is 6.14. The van der Waals surface area contributed by atoms with Crippen LogP contribution in [0.15, 0.2) is 0 Å². The summed E-state index contributed by atoms with van der Waals surface area (Å²) >= 11 is 0. The van der Waals surface area contributed by atoms with Gasteiger partial charge in [-0.3, -0.25) is 9.59 Å². The number of carbonyl (C=O) groups excluding carboxylic acids is 2. The standard InChI is InChI=1S/C24H48N2O2/c1-4-6-8-10-12-13-15-17-19-23(18-16-14-11-9-7-5-2)20-26-24(28)21-25-22(3)27/h23H,4-21H2,1-3H3,(H,25,27)(H,26,28). The minimum atomic E-state index is -0.155. The van der Waals surface area contributed by atoms with E-state index in [1.165, 1.54) is 110 Å². The minimum Gasteiger partial charge on any atom is -0.354 e. The van der Waals surface area contributed by atoms with Crippen molar-refractivity contribution >= 4 is 11.8 Å². The molecule has 1 atom stereocenters. The van der Waals surface area contributed by atoms with E-state index in [4.69, 9.17) is 0 Å². The molecule has 0 aliphatic rings. The molecule has 0 aromatic carbocycles. The molecule has 166 valence electrons. The number of hydrogen-bond donors (Lipinski definition) is 2. The van der Waals surface area contributed by atoms with Crippen molar-refractivity contribution in [1.29, 1.82) is 0 Å². The first-order valence-corrected chi connectivity index (χ1v) is 12.1. The number of hydrogen-bond acceptors (Lipinski definition) is 2. The van der Waals surface area contributed by atoms with Crippen LogP contribution in [-0.2, 0) is 9.59 Å². The Balaban J connectivity index is 3.99. The van der Waals surface area contributed by atoms with Gasteiger partial charge >= 0.3 is 0 Å². The van der Waals surface area contributed by atoms with Crippen molar-refractivity contribution in [2.75, 3.05) is 13.1 Å². The average molecular weight is 397 g/mol. The Bertz CT molecular complexity index is 372. The number of carbonyl (C=O) groups is 2. The van der Waals surface area contributed by atoms with Crippen LogP contribution in [0.25, 0.3) is 0 Å². The zero-order valence-corrected chi connectivity index (χ0v) is 19.1. The lowest BCUT2D eigenvalue weighted by Gasteiger charge is -2.18. The number of amides is 2. The van der Waals surface area contributed by atoms with Crippen LogP contribution in [0.2, 0.25) is 0 Å². The van der Waals surface area contributed by atoms with E-state index in [2.05, 4.69) is 24.5 Å². The van der Waals surface area contributed by atoms with Crippen molar-refractivity contribution < 1.29 is 9.59 Å². The molecule has 0 radical (unpaired) electrons. The quantitative estimate of drug-likeness (QED) is 0.243. The molecule has 0 aromatic heterocycles. The van der Waals surface area contributed by atoms with Gasteiger partial charge in [0.1, 0.15) is 0 Å². The topological polar surface area (TPSA) is 58.2 Å². The summed E-state index contributed by atoms with van der Waals surface area (Å²) in [6.45, 7) is 6.81. The fourth-order valence-electron chi connectivity index (χ4n) is 3.65. The number of rotatable bonds is 20. The zero-order valence-electron chi connectivity index (χ0n) is 19.1. The summed E-state index contributed by atoms with van der Waals surface area (Å²) in [5, 5.41) is 5.59. The molecule has 0 spiro atoms. The highest BCUT2D eigenvalue weighted by molar-refractivity contribution is 5.83. The second-order valence-electron chi connectivity index (χ2n) is 8.40. The molecular weight excluding hydrogens is 348 g/mol. The normalized spacial score (nSPS) is 12.0. The van der Waals surface area contributed by atoms with E-state index in [0.717, 1.165) is 6.54 Å². The molecule has 0 bridgehead atoms. The summed E-state index contributed by atoms with van der Waals surface area (Å²) < 4.78 is 0. The van der Waals surface area contributed by atoms with Crippen LogP contribution < -0.4 is 10.6 Å². The van der Waals surface area contributed by atoms with Crippen LogP contribution in [0, 0.1) is 5.92 Å². The number of unbranched alkanes of at least 4 members (excludes halogenated alkanes) is 12. The Morgan fingerprint density at radius 1 is 0.643 bits per heavy atom. The van der Waals surface area contributed by atoms with Crippen molar-refractivity contribution in [2.45, 2.75) is 124 Å². The molecule has 2 amide bonds. The maximum atomic E-state index is 11.9. The summed E-state index contributed by atoms with van der Waals surface area (Å²) in [5.41, 5.74) is 0. The van der Waals surface area contributed by atoms with E-state index >= 15 is 0 Å². The molecule has 4 heteroatoms. The van der Waals surface area contributed by atoms with Gasteiger partial charge in [0.05, 0.1) is 6.54 Å². The fourth-order valence-corrected chi connectivity index (χ4v) is 3.65. The molecule has 0 rings (SSSR count). The third-order valence-electron chi connectivity index (χ3n) is 5.52. The van der Waals surface area contributed by atoms with E-state index in [1.54, 1.807) is 0 Å². The van der Waals surface area contributed by atoms with Crippen molar-refractivity contribution in [3.05, 3.63) is 0 Å². The van der Waals surface area contributed by atoms with Gasteiger partial charge < -0.3 is 10.6 Å². The van der Waals surface area contributed by atoms with Crippen LogP contribution in [-0.4, -0.2) is 24.9 Å². The maximum absolute atomic E-state index is 11.9. The second kappa shape index (κ2) is 20.7. The zero-order chi connectivity index (χ0) is 20.9. The van der Waals surface area contributed by atoms with Crippen LogP contribution in [0.1, 0.15) is 124 Å². The lowest BCUT2D eigenvalue weighted by molar-refractivity contribution is -0.125. The molecule has 28 heavy (non-hydrogen) atoms. The van der Waals surface area contributed by atoms with Crippen molar-refractivity contribution in [2.24, 2.45) is 5.92 Å². The molecule has 0 saturated heterocycles. The van der Waals surface area contributed by atoms with Crippen molar-refractivity contribution in [1.82, 2.24) is 10.6 Å². The Morgan fingerprint density at radius 2 is 1.07 bits per heavy atom. The second-order valence-corrected chi connectivity index (χ2v) is 8.40. The first-order valence-electron chi connectivity index (χ1n) is 12.1. The van der Waals surface area contributed by atoms with Gasteiger partial charge in [0.15, 0.2) is 0 Å². The first-order chi connectivity index (χ1) is 13.6. The van der Waals surface area contributed by atoms with Crippen LogP contribution in [0.4, 0.5) is 0 Å². The highest BCUT2D eigenvalue weighted by Crippen LogP contribution is 2.19. The van der Waals surface area contributed by atoms with E-state index in [0.29, 0.717) is 5.92 Å². The van der Waals surface area contributed by atoms with Gasteiger partial charge in [-0.15, -0.1) is 0 Å². The molecule has 0 aromatic rings. The highest BCUT2D eigenvalue weighted by atomic mass is 16.2. The van der Waals surface area contributed by atoms with E-state index in [9.17, 15) is 9.59 Å². The molecule has 1 unspecified atom stereocenters. The Kier molecular flexibility index (Phi) is 19.9. The monoisotopic (exact) mass is 396 g/mol.